The van der Waals surface area contributed by atoms with E-state index in [1.165, 1.54) is 0 Å². The standard InChI is InChI=1S/C6H6ClNS.Na/c1-4-6(7)5(9)2-3-8-4;/h2-3H,1H3,(H,8,9);. The van der Waals surface area contributed by atoms with Crippen LogP contribution in [0, 0.1) is 11.4 Å². The van der Waals surface area contributed by atoms with Crippen molar-refractivity contribution in [3.05, 3.63) is 27.5 Å². The molecule has 0 bridgehead atoms. The number of hydrogen-bond donors (Lipinski definition) is 1. The Hall–Kier alpha value is 0.660. The van der Waals surface area contributed by atoms with Crippen LogP contribution in [0.15, 0.2) is 12.3 Å². The molecule has 1 aromatic heterocycles. The monoisotopic (exact) mass is 182 g/mol. The van der Waals surface area contributed by atoms with Crippen LogP contribution in [0.4, 0.5) is 0 Å². The predicted octanol–water partition coefficient (Wildman–Crippen LogP) is 2.33. The van der Waals surface area contributed by atoms with Gasteiger partial charge in [0.1, 0.15) is 0 Å². The van der Waals surface area contributed by atoms with Crippen molar-refractivity contribution < 1.29 is 0 Å². The Balaban J connectivity index is 0.000000810. The summed E-state index contributed by atoms with van der Waals surface area (Å²) in [7, 11) is 0. The molecule has 1 heterocycles. The zero-order valence-electron chi connectivity index (χ0n) is 5.94. The van der Waals surface area contributed by atoms with E-state index in [1.807, 2.05) is 6.92 Å². The van der Waals surface area contributed by atoms with Crippen molar-refractivity contribution in [2.24, 2.45) is 0 Å². The van der Waals surface area contributed by atoms with E-state index in [0.29, 0.717) is 9.53 Å². The van der Waals surface area contributed by atoms with Gasteiger partial charge in [-0.05, 0) is 13.0 Å². The van der Waals surface area contributed by atoms with Gasteiger partial charge in [0.2, 0.25) is 0 Å². The first-order valence-corrected chi connectivity index (χ1v) is 3.34. The number of halogens is 1. The largest absolute Gasteiger partial charge is 0.364 e. The van der Waals surface area contributed by atoms with Crippen LogP contribution >= 0.6 is 23.8 Å². The third kappa shape index (κ3) is 2.36. The fourth-order valence-corrected chi connectivity index (χ4v) is 0.902. The maximum Gasteiger partial charge on any atom is 0.0776 e. The van der Waals surface area contributed by atoms with Crippen LogP contribution in [-0.4, -0.2) is 34.5 Å². The molecule has 0 amide bonds. The van der Waals surface area contributed by atoms with Gasteiger partial charge in [0.15, 0.2) is 0 Å². The Morgan fingerprint density at radius 2 is 2.20 bits per heavy atom. The summed E-state index contributed by atoms with van der Waals surface area (Å²) in [6, 6.07) is 1.77. The van der Waals surface area contributed by atoms with Crippen molar-refractivity contribution in [2.45, 2.75) is 6.92 Å². The van der Waals surface area contributed by atoms with E-state index in [2.05, 4.69) is 4.98 Å². The van der Waals surface area contributed by atoms with Crippen LogP contribution in [-0.2, 0) is 0 Å². The molecular weight excluding hydrogens is 177 g/mol. The summed E-state index contributed by atoms with van der Waals surface area (Å²) in [5.74, 6) is 0. The molecule has 1 aromatic rings. The second kappa shape index (κ2) is 4.52. The molecule has 4 heteroatoms. The van der Waals surface area contributed by atoms with Crippen molar-refractivity contribution in [1.29, 1.82) is 0 Å². The number of nitrogens with one attached hydrogen (secondary N) is 1. The molecule has 1 rings (SSSR count). The summed E-state index contributed by atoms with van der Waals surface area (Å²) in [5, 5.41) is 0.646. The Kier molecular flexibility index (Phi) is 4.82. The van der Waals surface area contributed by atoms with Crippen molar-refractivity contribution >= 4 is 53.4 Å². The molecule has 0 saturated carbocycles. The van der Waals surface area contributed by atoms with Gasteiger partial charge in [-0.2, -0.15) is 0 Å². The van der Waals surface area contributed by atoms with Crippen molar-refractivity contribution in [1.82, 2.24) is 4.98 Å². The van der Waals surface area contributed by atoms with E-state index in [4.69, 9.17) is 23.8 Å². The quantitative estimate of drug-likeness (QED) is 0.481. The number of aromatic amines is 1. The zero-order chi connectivity index (χ0) is 6.85. The van der Waals surface area contributed by atoms with Crippen LogP contribution in [0.5, 0.6) is 0 Å². The zero-order valence-corrected chi connectivity index (χ0v) is 9.51. The molecule has 0 aromatic carbocycles. The van der Waals surface area contributed by atoms with Crippen molar-refractivity contribution in [2.75, 3.05) is 0 Å². The number of hydrogen-bond acceptors (Lipinski definition) is 1. The van der Waals surface area contributed by atoms with Gasteiger partial charge in [0.05, 0.1) is 9.53 Å². The molecule has 0 aliphatic heterocycles. The minimum absolute atomic E-state index is 0. The average Bonchev–Trinajstić information content (AvgIpc) is 1.83. The van der Waals surface area contributed by atoms with Crippen molar-refractivity contribution in [3.8, 4) is 0 Å². The summed E-state index contributed by atoms with van der Waals surface area (Å²) in [4.78, 5) is 2.94. The van der Waals surface area contributed by atoms with E-state index in [-0.39, 0.29) is 29.6 Å². The maximum absolute atomic E-state index is 5.74. The minimum atomic E-state index is 0. The van der Waals surface area contributed by atoms with Crippen LogP contribution in [0.2, 0.25) is 5.02 Å². The Morgan fingerprint density at radius 3 is 2.60 bits per heavy atom. The average molecular weight is 183 g/mol. The normalized spacial score (nSPS) is 8.60. The fraction of sp³-hybridized carbons (Fsp3) is 0.167. The molecule has 0 saturated heterocycles. The summed E-state index contributed by atoms with van der Waals surface area (Å²) in [6.45, 7) is 1.89. The summed E-state index contributed by atoms with van der Waals surface area (Å²) in [5.41, 5.74) is 0.921. The van der Waals surface area contributed by atoms with E-state index < -0.39 is 0 Å². The second-order valence-corrected chi connectivity index (χ2v) is 2.60. The van der Waals surface area contributed by atoms with Gasteiger partial charge in [0, 0.05) is 41.4 Å². The summed E-state index contributed by atoms with van der Waals surface area (Å²) >= 11 is 10.6. The van der Waals surface area contributed by atoms with E-state index in [0.717, 1.165) is 5.69 Å². The molecule has 1 nitrogen and oxygen atoms in total. The van der Waals surface area contributed by atoms with Gasteiger partial charge in [-0.15, -0.1) is 0 Å². The molecular formula is C6H6ClNNaS. The summed E-state index contributed by atoms with van der Waals surface area (Å²) < 4.78 is 0.702. The smallest absolute Gasteiger partial charge is 0.0776 e. The first-order valence-electron chi connectivity index (χ1n) is 2.55. The Labute approximate surface area is 92.1 Å². The van der Waals surface area contributed by atoms with E-state index in [9.17, 15) is 0 Å². The molecule has 0 fully saturated rings. The molecule has 0 aliphatic rings. The van der Waals surface area contributed by atoms with Crippen LogP contribution in [0.25, 0.3) is 0 Å². The van der Waals surface area contributed by atoms with Crippen molar-refractivity contribution in [3.63, 3.8) is 0 Å². The molecule has 0 spiro atoms. The molecule has 1 N–H and O–H groups in total. The molecule has 0 atom stereocenters. The molecule has 49 valence electrons. The Bertz CT molecular complexity index is 271. The minimum Gasteiger partial charge on any atom is -0.364 e. The number of aromatic nitrogens is 1. The molecule has 1 radical (unpaired) electrons. The SMILES string of the molecule is Cc1[nH]ccc(=S)c1Cl.[Na]. The first-order chi connectivity index (χ1) is 4.22. The van der Waals surface area contributed by atoms with Gasteiger partial charge >= 0.3 is 0 Å². The van der Waals surface area contributed by atoms with E-state index >= 15 is 0 Å². The number of aryl methyl sites for hydroxylation is 1. The first kappa shape index (κ1) is 10.7. The number of H-pyrrole nitrogens is 1. The topological polar surface area (TPSA) is 15.8 Å². The maximum atomic E-state index is 5.74. The van der Waals surface area contributed by atoms with Crippen LogP contribution in [0.3, 0.4) is 0 Å². The molecule has 0 unspecified atom stereocenters. The van der Waals surface area contributed by atoms with E-state index in [1.54, 1.807) is 12.3 Å². The van der Waals surface area contributed by atoms with Crippen LogP contribution < -0.4 is 0 Å². The number of rotatable bonds is 0. The predicted molar refractivity (Wildman–Crippen MR) is 47.1 cm³/mol. The van der Waals surface area contributed by atoms with Gasteiger partial charge in [-0.1, -0.05) is 23.8 Å². The molecule has 0 aliphatic carbocycles. The fourth-order valence-electron chi connectivity index (χ4n) is 0.564. The molecule has 10 heavy (non-hydrogen) atoms. The van der Waals surface area contributed by atoms with Gasteiger partial charge in [0.25, 0.3) is 0 Å². The second-order valence-electron chi connectivity index (χ2n) is 1.78. The van der Waals surface area contributed by atoms with Crippen LogP contribution in [0.1, 0.15) is 5.69 Å². The third-order valence-electron chi connectivity index (χ3n) is 1.08. The van der Waals surface area contributed by atoms with Gasteiger partial charge in [-0.3, -0.25) is 0 Å². The third-order valence-corrected chi connectivity index (χ3v) is 2.02. The van der Waals surface area contributed by atoms with Gasteiger partial charge in [-0.25, -0.2) is 0 Å². The summed E-state index contributed by atoms with van der Waals surface area (Å²) in [6.07, 6.45) is 1.78. The Morgan fingerprint density at radius 1 is 1.60 bits per heavy atom. The van der Waals surface area contributed by atoms with Gasteiger partial charge < -0.3 is 4.98 Å². The number of pyridine rings is 1.